The van der Waals surface area contributed by atoms with Crippen LogP contribution < -0.4 is 5.32 Å². The zero-order valence-electron chi connectivity index (χ0n) is 9.69. The number of rotatable bonds is 4. The summed E-state index contributed by atoms with van der Waals surface area (Å²) in [7, 11) is 1.84. The molecule has 0 aliphatic rings. The summed E-state index contributed by atoms with van der Waals surface area (Å²) in [6.45, 7) is 1.28. The highest BCUT2D eigenvalue weighted by Crippen LogP contribution is 2.33. The number of phenols is 1. The van der Waals surface area contributed by atoms with Crippen molar-refractivity contribution in [2.24, 2.45) is 7.05 Å². The van der Waals surface area contributed by atoms with Crippen LogP contribution in [0.3, 0.4) is 0 Å². The van der Waals surface area contributed by atoms with Gasteiger partial charge in [-0.1, -0.05) is 0 Å². The summed E-state index contributed by atoms with van der Waals surface area (Å²) < 4.78 is 3.01. The van der Waals surface area contributed by atoms with Crippen LogP contribution in [-0.4, -0.2) is 19.9 Å². The predicted molar refractivity (Wildman–Crippen MR) is 75.1 cm³/mol. The molecular formula is C11H12Br2N4O. The van der Waals surface area contributed by atoms with Gasteiger partial charge in [-0.3, -0.25) is 4.68 Å². The minimum atomic E-state index is 0.213. The highest BCUT2D eigenvalue weighted by molar-refractivity contribution is 9.11. The summed E-state index contributed by atoms with van der Waals surface area (Å²) in [6.07, 6.45) is 1.67. The van der Waals surface area contributed by atoms with E-state index < -0.39 is 0 Å². The summed E-state index contributed by atoms with van der Waals surface area (Å²) in [6, 6.07) is 3.75. The second-order valence-corrected chi connectivity index (χ2v) is 5.55. The van der Waals surface area contributed by atoms with Crippen LogP contribution in [0.25, 0.3) is 0 Å². The van der Waals surface area contributed by atoms with E-state index in [1.165, 1.54) is 0 Å². The third-order valence-corrected chi connectivity index (χ3v) is 3.54. The zero-order valence-corrected chi connectivity index (χ0v) is 12.9. The third kappa shape index (κ3) is 3.30. The number of halogens is 2. The summed E-state index contributed by atoms with van der Waals surface area (Å²) >= 11 is 6.60. The van der Waals surface area contributed by atoms with Crippen LogP contribution in [0.5, 0.6) is 5.75 Å². The van der Waals surface area contributed by atoms with Crippen molar-refractivity contribution in [2.75, 3.05) is 0 Å². The Balaban J connectivity index is 1.94. The molecule has 0 fully saturated rings. The van der Waals surface area contributed by atoms with E-state index in [0.717, 1.165) is 11.4 Å². The number of nitrogens with zero attached hydrogens (tertiary/aromatic N) is 3. The minimum absolute atomic E-state index is 0.213. The van der Waals surface area contributed by atoms with Gasteiger partial charge in [0.1, 0.15) is 12.1 Å². The van der Waals surface area contributed by atoms with Gasteiger partial charge in [-0.15, -0.1) is 0 Å². The topological polar surface area (TPSA) is 63.0 Å². The second kappa shape index (κ2) is 5.81. The first-order valence-electron chi connectivity index (χ1n) is 5.28. The molecule has 0 saturated heterocycles. The Hall–Kier alpha value is -0.920. The number of aromatic nitrogens is 3. The van der Waals surface area contributed by atoms with Crippen LogP contribution in [0.15, 0.2) is 27.4 Å². The molecule has 0 aliphatic carbocycles. The highest BCUT2D eigenvalue weighted by atomic mass is 79.9. The van der Waals surface area contributed by atoms with Crippen molar-refractivity contribution in [3.8, 4) is 5.75 Å². The lowest BCUT2D eigenvalue weighted by molar-refractivity contribution is 0.468. The van der Waals surface area contributed by atoms with Gasteiger partial charge in [0.05, 0.1) is 15.5 Å². The molecule has 5 nitrogen and oxygen atoms in total. The second-order valence-electron chi connectivity index (χ2n) is 3.85. The molecule has 7 heteroatoms. The fourth-order valence-corrected chi connectivity index (χ4v) is 2.78. The first-order valence-corrected chi connectivity index (χ1v) is 6.87. The third-order valence-electron chi connectivity index (χ3n) is 2.34. The van der Waals surface area contributed by atoms with Crippen molar-refractivity contribution in [3.05, 3.63) is 38.8 Å². The van der Waals surface area contributed by atoms with E-state index in [0.29, 0.717) is 22.0 Å². The Morgan fingerprint density at radius 2 is 1.94 bits per heavy atom. The van der Waals surface area contributed by atoms with Gasteiger partial charge < -0.3 is 10.4 Å². The lowest BCUT2D eigenvalue weighted by Crippen LogP contribution is -2.14. The average molecular weight is 376 g/mol. The fourth-order valence-electron chi connectivity index (χ4n) is 1.50. The lowest BCUT2D eigenvalue weighted by Gasteiger charge is -2.06. The standard InChI is InChI=1S/C11H12Br2N4O/c1-17-6-15-10(16-17)5-14-4-7-2-8(12)11(18)9(13)3-7/h2-3,6,14,18H,4-5H2,1H3. The van der Waals surface area contributed by atoms with Gasteiger partial charge in [-0.2, -0.15) is 5.10 Å². The van der Waals surface area contributed by atoms with Crippen molar-refractivity contribution < 1.29 is 5.11 Å². The highest BCUT2D eigenvalue weighted by Gasteiger charge is 2.06. The van der Waals surface area contributed by atoms with Crippen LogP contribution in [-0.2, 0) is 20.1 Å². The van der Waals surface area contributed by atoms with Gasteiger partial charge in [-0.25, -0.2) is 4.98 Å². The molecule has 1 heterocycles. The zero-order chi connectivity index (χ0) is 13.1. The SMILES string of the molecule is Cn1cnc(CNCc2cc(Br)c(O)c(Br)c2)n1. The van der Waals surface area contributed by atoms with Gasteiger partial charge in [0, 0.05) is 13.6 Å². The number of aryl methyl sites for hydroxylation is 1. The molecule has 0 spiro atoms. The van der Waals surface area contributed by atoms with Crippen molar-refractivity contribution >= 4 is 31.9 Å². The van der Waals surface area contributed by atoms with Crippen molar-refractivity contribution in [1.29, 1.82) is 0 Å². The molecule has 0 radical (unpaired) electrons. The fraction of sp³-hybridized carbons (Fsp3) is 0.273. The van der Waals surface area contributed by atoms with Crippen molar-refractivity contribution in [3.63, 3.8) is 0 Å². The molecule has 0 unspecified atom stereocenters. The Labute approximate surface area is 121 Å². The number of hydrogen-bond acceptors (Lipinski definition) is 4. The smallest absolute Gasteiger partial charge is 0.164 e. The number of benzene rings is 1. The van der Waals surface area contributed by atoms with Gasteiger partial charge >= 0.3 is 0 Å². The van der Waals surface area contributed by atoms with Gasteiger partial charge in [0.25, 0.3) is 0 Å². The van der Waals surface area contributed by atoms with Crippen LogP contribution in [0.2, 0.25) is 0 Å². The molecule has 0 bridgehead atoms. The lowest BCUT2D eigenvalue weighted by atomic mass is 10.2. The normalized spacial score (nSPS) is 10.8. The molecule has 0 aliphatic heterocycles. The molecule has 2 N–H and O–H groups in total. The van der Waals surface area contributed by atoms with E-state index in [9.17, 15) is 5.11 Å². The summed E-state index contributed by atoms with van der Waals surface area (Å²) in [5.74, 6) is 0.972. The monoisotopic (exact) mass is 374 g/mol. The minimum Gasteiger partial charge on any atom is -0.506 e. The van der Waals surface area contributed by atoms with Crippen LogP contribution in [0.4, 0.5) is 0 Å². The van der Waals surface area contributed by atoms with E-state index in [4.69, 9.17) is 0 Å². The molecule has 0 atom stereocenters. The quantitative estimate of drug-likeness (QED) is 0.860. The first-order chi connectivity index (χ1) is 8.56. The Morgan fingerprint density at radius 3 is 2.50 bits per heavy atom. The number of hydrogen-bond donors (Lipinski definition) is 2. The molecule has 0 saturated carbocycles. The van der Waals surface area contributed by atoms with E-state index in [2.05, 4.69) is 47.3 Å². The summed E-state index contributed by atoms with van der Waals surface area (Å²) in [5, 5.41) is 17.0. The maximum Gasteiger partial charge on any atom is 0.164 e. The van der Waals surface area contributed by atoms with E-state index in [1.807, 2.05) is 19.2 Å². The first kappa shape index (κ1) is 13.5. The molecule has 96 valence electrons. The Morgan fingerprint density at radius 1 is 1.28 bits per heavy atom. The summed E-state index contributed by atoms with van der Waals surface area (Å²) in [5.41, 5.74) is 1.06. The van der Waals surface area contributed by atoms with Crippen LogP contribution >= 0.6 is 31.9 Å². The van der Waals surface area contributed by atoms with Crippen molar-refractivity contribution in [2.45, 2.75) is 13.1 Å². The molecule has 18 heavy (non-hydrogen) atoms. The Kier molecular flexibility index (Phi) is 4.36. The summed E-state index contributed by atoms with van der Waals surface area (Å²) in [4.78, 5) is 4.13. The Bertz CT molecular complexity index is 533. The van der Waals surface area contributed by atoms with E-state index >= 15 is 0 Å². The maximum atomic E-state index is 9.60. The van der Waals surface area contributed by atoms with Gasteiger partial charge in [0.15, 0.2) is 5.82 Å². The van der Waals surface area contributed by atoms with Crippen molar-refractivity contribution in [1.82, 2.24) is 20.1 Å². The maximum absolute atomic E-state index is 9.60. The average Bonchev–Trinajstić information content (AvgIpc) is 2.72. The van der Waals surface area contributed by atoms with Crippen LogP contribution in [0, 0.1) is 0 Å². The molecule has 1 aromatic carbocycles. The molecular weight excluding hydrogens is 364 g/mol. The number of phenolic OH excluding ortho intramolecular Hbond substituents is 1. The molecule has 1 aromatic heterocycles. The largest absolute Gasteiger partial charge is 0.506 e. The van der Waals surface area contributed by atoms with Crippen LogP contribution in [0.1, 0.15) is 11.4 Å². The van der Waals surface area contributed by atoms with E-state index in [1.54, 1.807) is 11.0 Å². The van der Waals surface area contributed by atoms with Gasteiger partial charge in [0.2, 0.25) is 0 Å². The number of aromatic hydroxyl groups is 1. The van der Waals surface area contributed by atoms with E-state index in [-0.39, 0.29) is 5.75 Å². The number of nitrogens with one attached hydrogen (secondary N) is 1. The molecule has 2 rings (SSSR count). The predicted octanol–water partition coefficient (Wildman–Crippen LogP) is 2.34. The molecule has 0 amide bonds. The van der Waals surface area contributed by atoms with Gasteiger partial charge in [-0.05, 0) is 49.6 Å². The molecule has 2 aromatic rings.